The monoisotopic (exact) mass is 296 g/mol. The summed E-state index contributed by atoms with van der Waals surface area (Å²) in [6, 6.07) is 9.91. The highest BCUT2D eigenvalue weighted by Crippen LogP contribution is 2.20. The molecule has 0 saturated carbocycles. The molecule has 0 fully saturated rings. The highest BCUT2D eigenvalue weighted by molar-refractivity contribution is 5.24. The Morgan fingerprint density at radius 2 is 1.90 bits per heavy atom. The van der Waals surface area contributed by atoms with E-state index in [1.54, 1.807) is 14.2 Å². The molecule has 5 heteroatoms. The lowest BCUT2D eigenvalue weighted by molar-refractivity contribution is 0.0476. The molecule has 120 valence electrons. The largest absolute Gasteiger partial charge is 0.394 e. The van der Waals surface area contributed by atoms with Gasteiger partial charge in [-0.1, -0.05) is 30.3 Å². The van der Waals surface area contributed by atoms with Crippen LogP contribution in [-0.2, 0) is 15.0 Å². The molecule has 2 atom stereocenters. The second-order valence-corrected chi connectivity index (χ2v) is 5.45. The van der Waals surface area contributed by atoms with E-state index >= 15 is 0 Å². The summed E-state index contributed by atoms with van der Waals surface area (Å²) in [5, 5.41) is 9.81. The molecule has 0 amide bonds. The summed E-state index contributed by atoms with van der Waals surface area (Å²) in [5.74, 6) is 0. The fraction of sp³-hybridized carbons (Fsp3) is 0.625. The van der Waals surface area contributed by atoms with Gasteiger partial charge >= 0.3 is 0 Å². The van der Waals surface area contributed by atoms with Gasteiger partial charge in [0.1, 0.15) is 0 Å². The molecule has 1 aromatic rings. The van der Waals surface area contributed by atoms with Gasteiger partial charge in [0, 0.05) is 33.4 Å². The Morgan fingerprint density at radius 1 is 1.24 bits per heavy atom. The molecular weight excluding hydrogens is 268 g/mol. The fourth-order valence-electron chi connectivity index (χ4n) is 2.38. The van der Waals surface area contributed by atoms with Crippen LogP contribution in [0, 0.1) is 0 Å². The van der Waals surface area contributed by atoms with Crippen molar-refractivity contribution in [1.29, 1.82) is 0 Å². The number of benzene rings is 1. The second kappa shape index (κ2) is 9.12. The van der Waals surface area contributed by atoms with Crippen LogP contribution in [0.2, 0.25) is 0 Å². The number of aliphatic hydroxyl groups excluding tert-OH is 1. The van der Waals surface area contributed by atoms with E-state index in [1.807, 2.05) is 30.3 Å². The number of aliphatic hydroxyl groups is 1. The van der Waals surface area contributed by atoms with Crippen molar-refractivity contribution in [2.75, 3.05) is 47.1 Å². The van der Waals surface area contributed by atoms with Gasteiger partial charge in [-0.3, -0.25) is 4.90 Å². The zero-order chi connectivity index (χ0) is 15.7. The van der Waals surface area contributed by atoms with Crippen molar-refractivity contribution >= 4 is 0 Å². The molecular formula is C16H28N2O3. The number of nitrogens with zero attached hydrogens (tertiary/aromatic N) is 1. The molecule has 3 N–H and O–H groups in total. The smallest absolute Gasteiger partial charge is 0.0773 e. The van der Waals surface area contributed by atoms with Crippen molar-refractivity contribution in [3.8, 4) is 0 Å². The first-order chi connectivity index (χ1) is 10.1. The minimum Gasteiger partial charge on any atom is -0.394 e. The van der Waals surface area contributed by atoms with E-state index in [-0.39, 0.29) is 12.6 Å². The van der Waals surface area contributed by atoms with Crippen LogP contribution in [0.5, 0.6) is 0 Å². The number of hydrogen-bond acceptors (Lipinski definition) is 5. The average Bonchev–Trinajstić information content (AvgIpc) is 2.52. The van der Waals surface area contributed by atoms with Gasteiger partial charge in [-0.05, 0) is 12.5 Å². The third-order valence-corrected chi connectivity index (χ3v) is 3.73. The zero-order valence-electron chi connectivity index (χ0n) is 13.3. The van der Waals surface area contributed by atoms with E-state index in [1.165, 1.54) is 0 Å². The summed E-state index contributed by atoms with van der Waals surface area (Å²) in [6.07, 6.45) is 0. The van der Waals surface area contributed by atoms with Crippen LogP contribution in [0.3, 0.4) is 0 Å². The summed E-state index contributed by atoms with van der Waals surface area (Å²) in [4.78, 5) is 2.19. The van der Waals surface area contributed by atoms with Crippen LogP contribution < -0.4 is 5.73 Å². The first kappa shape index (κ1) is 18.1. The molecule has 5 nitrogen and oxygen atoms in total. The van der Waals surface area contributed by atoms with Crippen LogP contribution in [0.1, 0.15) is 12.5 Å². The minimum absolute atomic E-state index is 0.111. The average molecular weight is 296 g/mol. The molecule has 1 rings (SSSR count). The topological polar surface area (TPSA) is 68.0 Å². The van der Waals surface area contributed by atoms with Crippen LogP contribution in [0.4, 0.5) is 0 Å². The van der Waals surface area contributed by atoms with Crippen molar-refractivity contribution in [1.82, 2.24) is 4.90 Å². The first-order valence-electron chi connectivity index (χ1n) is 7.24. The number of hydrogen-bond donors (Lipinski definition) is 2. The summed E-state index contributed by atoms with van der Waals surface area (Å²) in [7, 11) is 3.36. The molecule has 1 aromatic carbocycles. The molecule has 0 radical (unpaired) electrons. The minimum atomic E-state index is -0.795. The lowest BCUT2D eigenvalue weighted by Gasteiger charge is -2.37. The van der Waals surface area contributed by atoms with Crippen molar-refractivity contribution in [2.45, 2.75) is 18.5 Å². The molecule has 0 aliphatic carbocycles. The normalized spacial score (nSPS) is 15.9. The lowest BCUT2D eigenvalue weighted by atomic mass is 9.90. The highest BCUT2D eigenvalue weighted by atomic mass is 16.5. The maximum absolute atomic E-state index is 9.81. The van der Waals surface area contributed by atoms with Crippen LogP contribution in [-0.4, -0.2) is 63.2 Å². The molecule has 0 spiro atoms. The molecule has 21 heavy (non-hydrogen) atoms. The lowest BCUT2D eigenvalue weighted by Crippen LogP contribution is -2.54. The summed E-state index contributed by atoms with van der Waals surface area (Å²) >= 11 is 0. The van der Waals surface area contributed by atoms with Crippen molar-refractivity contribution in [3.05, 3.63) is 35.9 Å². The molecule has 0 aromatic heterocycles. The Balaban J connectivity index is 2.86. The van der Waals surface area contributed by atoms with Gasteiger partial charge in [-0.25, -0.2) is 0 Å². The quantitative estimate of drug-likeness (QED) is 0.669. The van der Waals surface area contributed by atoms with Gasteiger partial charge in [0.2, 0.25) is 0 Å². The molecule has 0 heterocycles. The predicted octanol–water partition coefficient (Wildman–Crippen LogP) is 0.816. The fourth-order valence-corrected chi connectivity index (χ4v) is 2.38. The van der Waals surface area contributed by atoms with Crippen molar-refractivity contribution < 1.29 is 14.6 Å². The number of ether oxygens (including phenoxy) is 2. The summed E-state index contributed by atoms with van der Waals surface area (Å²) in [6.45, 7) is 4.49. The highest BCUT2D eigenvalue weighted by Gasteiger charge is 2.30. The summed E-state index contributed by atoms with van der Waals surface area (Å²) in [5.41, 5.74) is 6.59. The SMILES string of the molecule is COCCN(CC(N)(CO)c1ccccc1)C(C)COC. The van der Waals surface area contributed by atoms with Gasteiger partial charge in [-0.15, -0.1) is 0 Å². The van der Waals surface area contributed by atoms with Gasteiger partial charge in [-0.2, -0.15) is 0 Å². The summed E-state index contributed by atoms with van der Waals surface area (Å²) < 4.78 is 10.4. The predicted molar refractivity (Wildman–Crippen MR) is 84.2 cm³/mol. The van der Waals surface area contributed by atoms with E-state index in [0.717, 1.165) is 12.1 Å². The second-order valence-electron chi connectivity index (χ2n) is 5.45. The molecule has 0 saturated heterocycles. The molecule has 0 aliphatic rings. The number of methoxy groups -OCH3 is 2. The maximum atomic E-state index is 9.81. The molecule has 0 aliphatic heterocycles. The van der Waals surface area contributed by atoms with Gasteiger partial charge in [0.15, 0.2) is 0 Å². The van der Waals surface area contributed by atoms with Crippen molar-refractivity contribution in [3.63, 3.8) is 0 Å². The third kappa shape index (κ3) is 5.37. The zero-order valence-corrected chi connectivity index (χ0v) is 13.3. The van der Waals surface area contributed by atoms with Crippen LogP contribution >= 0.6 is 0 Å². The van der Waals surface area contributed by atoms with E-state index in [9.17, 15) is 5.11 Å². The third-order valence-electron chi connectivity index (χ3n) is 3.73. The van der Waals surface area contributed by atoms with Crippen LogP contribution in [0.15, 0.2) is 30.3 Å². The molecule has 0 bridgehead atoms. The van der Waals surface area contributed by atoms with Gasteiger partial charge in [0.25, 0.3) is 0 Å². The Bertz CT molecular complexity index is 388. The Morgan fingerprint density at radius 3 is 2.43 bits per heavy atom. The van der Waals surface area contributed by atoms with Crippen LogP contribution in [0.25, 0.3) is 0 Å². The Kier molecular flexibility index (Phi) is 7.85. The van der Waals surface area contributed by atoms with E-state index in [2.05, 4.69) is 11.8 Å². The Labute approximate surface area is 127 Å². The standard InChI is InChI=1S/C16H28N2O3/c1-14(11-21-3)18(9-10-20-2)12-16(17,13-19)15-7-5-4-6-8-15/h4-8,14,19H,9-13,17H2,1-3H3. The van der Waals surface area contributed by atoms with E-state index in [0.29, 0.717) is 19.8 Å². The molecule has 2 unspecified atom stereocenters. The van der Waals surface area contributed by atoms with E-state index in [4.69, 9.17) is 15.2 Å². The van der Waals surface area contributed by atoms with E-state index < -0.39 is 5.54 Å². The number of rotatable bonds is 10. The van der Waals surface area contributed by atoms with Gasteiger partial charge < -0.3 is 20.3 Å². The number of nitrogens with two attached hydrogens (primary N) is 1. The Hall–Kier alpha value is -0.980. The maximum Gasteiger partial charge on any atom is 0.0773 e. The first-order valence-corrected chi connectivity index (χ1v) is 7.24. The van der Waals surface area contributed by atoms with Crippen molar-refractivity contribution in [2.24, 2.45) is 5.73 Å². The van der Waals surface area contributed by atoms with Gasteiger partial charge in [0.05, 0.1) is 25.4 Å².